The van der Waals surface area contributed by atoms with E-state index in [2.05, 4.69) is 11.2 Å². The summed E-state index contributed by atoms with van der Waals surface area (Å²) in [5, 5.41) is 5.23. The highest BCUT2D eigenvalue weighted by Gasteiger charge is 2.48. The van der Waals surface area contributed by atoms with E-state index in [0.29, 0.717) is 11.6 Å². The molecular weight excluding hydrogens is 444 g/mol. The second kappa shape index (κ2) is 7.28. The van der Waals surface area contributed by atoms with Gasteiger partial charge < -0.3 is 0 Å². The zero-order valence-electron chi connectivity index (χ0n) is 19.2. The number of rotatable bonds is 4. The number of hydrogen-bond acceptors (Lipinski definition) is 4. The Hall–Kier alpha value is -2.93. The van der Waals surface area contributed by atoms with E-state index in [1.807, 2.05) is 25.5 Å². The zero-order valence-corrected chi connectivity index (χ0v) is 20.0. The van der Waals surface area contributed by atoms with Gasteiger partial charge in [0.15, 0.2) is 5.65 Å². The standard InChI is InChI=1S/C27H28N4O2S/c1-30-15-22(14-29-30)25-16-31(34(32,33)23-5-3-2-4-6-23)27-24(25)12-21(13-28-27)26-19-8-17-7-18(10-19)11-20(26)9-17/h2-6,12-20,26H,7-11H2,1H3. The van der Waals surface area contributed by atoms with Crippen LogP contribution in [0.4, 0.5) is 0 Å². The molecule has 4 saturated carbocycles. The van der Waals surface area contributed by atoms with E-state index in [0.717, 1.165) is 40.2 Å². The van der Waals surface area contributed by atoms with Crippen LogP contribution in [0.1, 0.15) is 43.6 Å². The normalized spacial score (nSPS) is 28.1. The summed E-state index contributed by atoms with van der Waals surface area (Å²) in [7, 11) is -1.90. The summed E-state index contributed by atoms with van der Waals surface area (Å²) < 4.78 is 30.3. The monoisotopic (exact) mass is 472 g/mol. The first-order valence-electron chi connectivity index (χ1n) is 12.3. The molecule has 0 aliphatic heterocycles. The van der Waals surface area contributed by atoms with Crippen LogP contribution >= 0.6 is 0 Å². The van der Waals surface area contributed by atoms with E-state index in [-0.39, 0.29) is 4.90 Å². The highest BCUT2D eigenvalue weighted by atomic mass is 32.2. The van der Waals surface area contributed by atoms with Crippen LogP contribution in [0.15, 0.2) is 66.1 Å². The van der Waals surface area contributed by atoms with Gasteiger partial charge in [-0.2, -0.15) is 5.10 Å². The average Bonchev–Trinajstić information content (AvgIpc) is 3.42. The molecule has 0 amide bonds. The van der Waals surface area contributed by atoms with Gasteiger partial charge in [-0.15, -0.1) is 0 Å². The zero-order chi connectivity index (χ0) is 23.0. The maximum absolute atomic E-state index is 13.6. The number of aromatic nitrogens is 4. The van der Waals surface area contributed by atoms with Crippen LogP contribution in [0.25, 0.3) is 22.2 Å². The Morgan fingerprint density at radius 2 is 1.62 bits per heavy atom. The van der Waals surface area contributed by atoms with Crippen molar-refractivity contribution in [2.45, 2.75) is 42.9 Å². The van der Waals surface area contributed by atoms with Gasteiger partial charge in [-0.25, -0.2) is 17.4 Å². The predicted octanol–water partition coefficient (Wildman–Crippen LogP) is 5.21. The molecule has 0 atom stereocenters. The average molecular weight is 473 g/mol. The van der Waals surface area contributed by atoms with Crippen molar-refractivity contribution in [1.29, 1.82) is 0 Å². The molecule has 4 aromatic rings. The van der Waals surface area contributed by atoms with E-state index >= 15 is 0 Å². The molecule has 4 bridgehead atoms. The van der Waals surface area contributed by atoms with Crippen molar-refractivity contribution < 1.29 is 8.42 Å². The molecule has 174 valence electrons. The molecule has 6 nitrogen and oxygen atoms in total. The molecule has 4 fully saturated rings. The van der Waals surface area contributed by atoms with Crippen LogP contribution in [-0.2, 0) is 17.1 Å². The minimum atomic E-state index is -3.77. The van der Waals surface area contributed by atoms with Gasteiger partial charge in [-0.1, -0.05) is 18.2 Å². The lowest BCUT2D eigenvalue weighted by atomic mass is 9.51. The summed E-state index contributed by atoms with van der Waals surface area (Å²) in [5.74, 6) is 3.86. The summed E-state index contributed by atoms with van der Waals surface area (Å²) in [5.41, 5.74) is 3.52. The fourth-order valence-electron chi connectivity index (χ4n) is 7.43. The van der Waals surface area contributed by atoms with Crippen molar-refractivity contribution in [1.82, 2.24) is 18.7 Å². The van der Waals surface area contributed by atoms with Crippen molar-refractivity contribution in [2.75, 3.05) is 0 Å². The lowest BCUT2D eigenvalue weighted by Gasteiger charge is -2.54. The Morgan fingerprint density at radius 3 is 2.26 bits per heavy atom. The van der Waals surface area contributed by atoms with Crippen LogP contribution in [0.3, 0.4) is 0 Å². The smallest absolute Gasteiger partial charge is 0.269 e. The third-order valence-corrected chi connectivity index (χ3v) is 10.2. The van der Waals surface area contributed by atoms with Crippen LogP contribution in [0, 0.1) is 23.7 Å². The molecule has 4 aliphatic carbocycles. The van der Waals surface area contributed by atoms with Crippen molar-refractivity contribution >= 4 is 21.1 Å². The van der Waals surface area contributed by atoms with Crippen molar-refractivity contribution in [3.05, 3.63) is 66.7 Å². The molecule has 3 aromatic heterocycles. The van der Waals surface area contributed by atoms with Crippen LogP contribution < -0.4 is 0 Å². The quantitative estimate of drug-likeness (QED) is 0.409. The molecule has 8 rings (SSSR count). The summed E-state index contributed by atoms with van der Waals surface area (Å²) in [4.78, 5) is 5.08. The van der Waals surface area contributed by atoms with E-state index in [1.54, 1.807) is 41.3 Å². The van der Waals surface area contributed by atoms with E-state index in [4.69, 9.17) is 4.98 Å². The Balaban J connectivity index is 1.40. The van der Waals surface area contributed by atoms with Gasteiger partial charge in [0.1, 0.15) is 0 Å². The SMILES string of the molecule is Cn1cc(-c2cn(S(=O)(=O)c3ccccc3)c3ncc(C4C5CC6CC(C5)CC4C6)cc23)cn1. The molecule has 0 radical (unpaired) electrons. The van der Waals surface area contributed by atoms with Crippen LogP contribution in [-0.4, -0.2) is 27.2 Å². The summed E-state index contributed by atoms with van der Waals surface area (Å²) in [6.45, 7) is 0. The van der Waals surface area contributed by atoms with Crippen LogP contribution in [0.5, 0.6) is 0 Å². The minimum Gasteiger partial charge on any atom is -0.275 e. The number of aryl methyl sites for hydroxylation is 1. The van der Waals surface area contributed by atoms with E-state index in [9.17, 15) is 8.42 Å². The Kier molecular flexibility index (Phi) is 4.38. The molecule has 34 heavy (non-hydrogen) atoms. The highest BCUT2D eigenvalue weighted by Crippen LogP contribution is 2.59. The molecule has 0 saturated heterocycles. The second-order valence-corrected chi connectivity index (χ2v) is 12.5. The van der Waals surface area contributed by atoms with Gasteiger partial charge in [0.25, 0.3) is 10.0 Å². The highest BCUT2D eigenvalue weighted by molar-refractivity contribution is 7.90. The molecule has 0 N–H and O–H groups in total. The fourth-order valence-corrected chi connectivity index (χ4v) is 8.77. The fraction of sp³-hybridized carbons (Fsp3) is 0.407. The first-order chi connectivity index (χ1) is 16.5. The Labute approximate surface area is 199 Å². The third-order valence-electron chi connectivity index (χ3n) is 8.56. The topological polar surface area (TPSA) is 69.8 Å². The first kappa shape index (κ1) is 20.4. The molecular formula is C27H28N4O2S. The predicted molar refractivity (Wildman–Crippen MR) is 131 cm³/mol. The van der Waals surface area contributed by atoms with Crippen molar-refractivity contribution in [3.8, 4) is 11.1 Å². The molecule has 7 heteroatoms. The van der Waals surface area contributed by atoms with Gasteiger partial charge in [0.05, 0.1) is 11.1 Å². The van der Waals surface area contributed by atoms with E-state index < -0.39 is 10.0 Å². The summed E-state index contributed by atoms with van der Waals surface area (Å²) in [6, 6.07) is 10.8. The summed E-state index contributed by atoms with van der Waals surface area (Å²) in [6.07, 6.45) is 14.2. The number of nitrogens with zero attached hydrogens (tertiary/aromatic N) is 4. The number of hydrogen-bond donors (Lipinski definition) is 0. The van der Waals surface area contributed by atoms with Gasteiger partial charge >= 0.3 is 0 Å². The number of fused-ring (bicyclic) bond motifs is 1. The minimum absolute atomic E-state index is 0.261. The first-order valence-corrected chi connectivity index (χ1v) is 13.7. The lowest BCUT2D eigenvalue weighted by molar-refractivity contribution is -0.00283. The Morgan fingerprint density at radius 1 is 0.912 bits per heavy atom. The van der Waals surface area contributed by atoms with E-state index in [1.165, 1.54) is 41.6 Å². The summed E-state index contributed by atoms with van der Waals surface area (Å²) >= 11 is 0. The van der Waals surface area contributed by atoms with Gasteiger partial charge in [0, 0.05) is 42.2 Å². The molecule has 1 aromatic carbocycles. The van der Waals surface area contributed by atoms with Gasteiger partial charge in [-0.3, -0.25) is 4.68 Å². The van der Waals surface area contributed by atoms with Gasteiger partial charge in [0.2, 0.25) is 0 Å². The molecule has 0 unspecified atom stereocenters. The molecule has 4 aliphatic rings. The Bertz CT molecular complexity index is 1470. The number of pyridine rings is 1. The van der Waals surface area contributed by atoms with Gasteiger partial charge in [-0.05, 0) is 85.5 Å². The maximum atomic E-state index is 13.6. The molecule has 3 heterocycles. The van der Waals surface area contributed by atoms with Crippen molar-refractivity contribution in [2.24, 2.45) is 30.7 Å². The molecule has 0 spiro atoms. The van der Waals surface area contributed by atoms with Crippen LogP contribution in [0.2, 0.25) is 0 Å². The third kappa shape index (κ3) is 3.02. The second-order valence-electron chi connectivity index (χ2n) is 10.7. The van der Waals surface area contributed by atoms with Crippen molar-refractivity contribution in [3.63, 3.8) is 0 Å². The largest absolute Gasteiger partial charge is 0.275 e. The maximum Gasteiger partial charge on any atom is 0.269 e. The number of benzene rings is 1. The lowest BCUT2D eigenvalue weighted by Crippen LogP contribution is -2.43.